The van der Waals surface area contributed by atoms with Crippen molar-refractivity contribution in [3.05, 3.63) is 47.1 Å². The van der Waals surface area contributed by atoms with Crippen molar-refractivity contribution in [1.29, 1.82) is 0 Å². The van der Waals surface area contributed by atoms with E-state index in [1.807, 2.05) is 31.2 Å². The maximum Gasteiger partial charge on any atom is 0.158 e. The molecule has 0 bridgehead atoms. The fourth-order valence-corrected chi connectivity index (χ4v) is 2.85. The van der Waals surface area contributed by atoms with Crippen LogP contribution < -0.4 is 10.2 Å². The van der Waals surface area contributed by atoms with Crippen molar-refractivity contribution in [2.75, 3.05) is 12.5 Å². The summed E-state index contributed by atoms with van der Waals surface area (Å²) in [5.74, 6) is 1.55. The van der Waals surface area contributed by atoms with Crippen molar-refractivity contribution in [3.8, 4) is 5.75 Å². The fourth-order valence-electron chi connectivity index (χ4n) is 1.96. The highest BCUT2D eigenvalue weighted by molar-refractivity contribution is 7.17. The monoisotopic (exact) mass is 298 g/mol. The van der Waals surface area contributed by atoms with Gasteiger partial charge in [-0.05, 0) is 47.7 Å². The summed E-state index contributed by atoms with van der Waals surface area (Å²) < 4.78 is 5.12. The van der Waals surface area contributed by atoms with E-state index >= 15 is 0 Å². The van der Waals surface area contributed by atoms with Crippen molar-refractivity contribution < 1.29 is 4.74 Å². The molecule has 0 unspecified atom stereocenters. The molecule has 5 nitrogen and oxygen atoms in total. The Balaban J connectivity index is 1.79. The van der Waals surface area contributed by atoms with Gasteiger partial charge in [-0.25, -0.2) is 9.97 Å². The number of benzene rings is 1. The van der Waals surface area contributed by atoms with Crippen LogP contribution in [-0.4, -0.2) is 23.3 Å². The molecule has 106 valence electrons. The molecule has 3 aromatic rings. The van der Waals surface area contributed by atoms with Gasteiger partial charge in [0.05, 0.1) is 18.7 Å². The van der Waals surface area contributed by atoms with Crippen LogP contribution in [-0.2, 0) is 0 Å². The van der Waals surface area contributed by atoms with Gasteiger partial charge in [0.2, 0.25) is 0 Å². The summed E-state index contributed by atoms with van der Waals surface area (Å²) in [7, 11) is 1.65. The first-order chi connectivity index (χ1) is 10.3. The topological polar surface area (TPSA) is 59.4 Å². The zero-order valence-electron chi connectivity index (χ0n) is 11.7. The van der Waals surface area contributed by atoms with Crippen molar-refractivity contribution in [1.82, 2.24) is 9.97 Å². The third kappa shape index (κ3) is 2.85. The summed E-state index contributed by atoms with van der Waals surface area (Å²) in [4.78, 5) is 9.46. The molecule has 21 heavy (non-hydrogen) atoms. The van der Waals surface area contributed by atoms with Gasteiger partial charge in [0.15, 0.2) is 5.82 Å². The highest BCUT2D eigenvalue weighted by atomic mass is 32.1. The van der Waals surface area contributed by atoms with E-state index < -0.39 is 0 Å². The molecule has 0 spiro atoms. The molecule has 2 aromatic heterocycles. The van der Waals surface area contributed by atoms with Gasteiger partial charge in [0.1, 0.15) is 16.9 Å². The Kier molecular flexibility index (Phi) is 3.79. The van der Waals surface area contributed by atoms with Crippen LogP contribution in [0.1, 0.15) is 11.1 Å². The Morgan fingerprint density at radius 2 is 2.05 bits per heavy atom. The number of thiophene rings is 1. The number of aromatic nitrogens is 2. The predicted molar refractivity (Wildman–Crippen MR) is 86.4 cm³/mol. The van der Waals surface area contributed by atoms with Gasteiger partial charge >= 0.3 is 0 Å². The number of nitrogens with one attached hydrogen (secondary N) is 1. The second-order valence-electron chi connectivity index (χ2n) is 4.46. The molecule has 3 rings (SSSR count). The number of nitrogens with zero attached hydrogens (tertiary/aromatic N) is 3. The van der Waals surface area contributed by atoms with Crippen LogP contribution in [0.5, 0.6) is 5.75 Å². The van der Waals surface area contributed by atoms with E-state index in [-0.39, 0.29) is 0 Å². The Morgan fingerprint density at radius 3 is 2.81 bits per heavy atom. The highest BCUT2D eigenvalue weighted by Crippen LogP contribution is 2.28. The van der Waals surface area contributed by atoms with Crippen LogP contribution >= 0.6 is 11.3 Å². The molecule has 6 heteroatoms. The summed E-state index contributed by atoms with van der Waals surface area (Å²) in [5, 5.41) is 7.33. The van der Waals surface area contributed by atoms with Gasteiger partial charge in [-0.3, -0.25) is 5.43 Å². The number of ether oxygens (including phenoxy) is 1. The lowest BCUT2D eigenvalue weighted by Gasteiger charge is -2.02. The summed E-state index contributed by atoms with van der Waals surface area (Å²) in [6.07, 6.45) is 3.29. The quantitative estimate of drug-likeness (QED) is 0.592. The summed E-state index contributed by atoms with van der Waals surface area (Å²) in [6, 6.07) is 7.67. The van der Waals surface area contributed by atoms with Gasteiger partial charge < -0.3 is 4.74 Å². The summed E-state index contributed by atoms with van der Waals surface area (Å²) >= 11 is 1.61. The van der Waals surface area contributed by atoms with Crippen molar-refractivity contribution >= 4 is 33.6 Å². The Morgan fingerprint density at radius 1 is 1.24 bits per heavy atom. The van der Waals surface area contributed by atoms with Gasteiger partial charge in [-0.1, -0.05) is 0 Å². The zero-order valence-corrected chi connectivity index (χ0v) is 12.5. The van der Waals surface area contributed by atoms with E-state index in [4.69, 9.17) is 4.74 Å². The average Bonchev–Trinajstić information content (AvgIpc) is 2.90. The van der Waals surface area contributed by atoms with Crippen LogP contribution in [0.25, 0.3) is 10.2 Å². The average molecular weight is 298 g/mol. The number of hydrazone groups is 1. The molecule has 1 N–H and O–H groups in total. The smallest absolute Gasteiger partial charge is 0.158 e. The van der Waals surface area contributed by atoms with E-state index in [2.05, 4.69) is 25.9 Å². The van der Waals surface area contributed by atoms with E-state index in [1.165, 1.54) is 0 Å². The number of hydrogen-bond acceptors (Lipinski definition) is 6. The van der Waals surface area contributed by atoms with E-state index in [0.717, 1.165) is 32.9 Å². The number of aryl methyl sites for hydroxylation is 1. The Labute approximate surface area is 126 Å². The van der Waals surface area contributed by atoms with Crippen LogP contribution in [0.4, 0.5) is 5.82 Å². The van der Waals surface area contributed by atoms with Gasteiger partial charge in [0, 0.05) is 0 Å². The van der Waals surface area contributed by atoms with E-state index in [9.17, 15) is 0 Å². The fraction of sp³-hybridized carbons (Fsp3) is 0.133. The minimum Gasteiger partial charge on any atom is -0.497 e. The first-order valence-electron chi connectivity index (χ1n) is 6.40. The summed E-state index contributed by atoms with van der Waals surface area (Å²) in [6.45, 7) is 2.04. The second-order valence-corrected chi connectivity index (χ2v) is 5.32. The molecule has 0 saturated heterocycles. The maximum absolute atomic E-state index is 5.12. The molecule has 0 aliphatic rings. The molecular formula is C15H14N4OS. The molecule has 0 fully saturated rings. The molecule has 0 aliphatic heterocycles. The first-order valence-corrected chi connectivity index (χ1v) is 7.28. The normalized spacial score (nSPS) is 11.1. The van der Waals surface area contributed by atoms with Crippen LogP contribution in [0.15, 0.2) is 41.1 Å². The lowest BCUT2D eigenvalue weighted by molar-refractivity contribution is 0.415. The molecule has 0 aliphatic carbocycles. The second kappa shape index (κ2) is 5.88. The number of hydrogen-bond donors (Lipinski definition) is 1. The predicted octanol–water partition coefficient (Wildman–Crippen LogP) is 3.45. The largest absolute Gasteiger partial charge is 0.497 e. The van der Waals surface area contributed by atoms with Crippen LogP contribution in [0.2, 0.25) is 0 Å². The number of methoxy groups -OCH3 is 1. The van der Waals surface area contributed by atoms with Crippen molar-refractivity contribution in [2.24, 2.45) is 5.10 Å². The van der Waals surface area contributed by atoms with Gasteiger partial charge in [-0.15, -0.1) is 11.3 Å². The minimum atomic E-state index is 0.725. The van der Waals surface area contributed by atoms with E-state index in [0.29, 0.717) is 0 Å². The van der Waals surface area contributed by atoms with Crippen molar-refractivity contribution in [3.63, 3.8) is 0 Å². The molecule has 1 aromatic carbocycles. The number of fused-ring (bicyclic) bond motifs is 1. The Bertz CT molecular complexity index is 780. The summed E-state index contributed by atoms with van der Waals surface area (Å²) in [5.41, 5.74) is 5.12. The standard InChI is InChI=1S/C15H14N4OS/c1-10-8-21-15-13(10)14(16-9-17-15)19-18-7-11-3-5-12(20-2)6-4-11/h3-9H,1-2H3,(H,16,17,19)/b18-7+. The molecule has 0 amide bonds. The van der Waals surface area contributed by atoms with Gasteiger partial charge in [0.25, 0.3) is 0 Å². The van der Waals surface area contributed by atoms with Crippen LogP contribution in [0, 0.1) is 6.92 Å². The molecule has 2 heterocycles. The molecule has 0 radical (unpaired) electrons. The Hall–Kier alpha value is -2.47. The zero-order chi connectivity index (χ0) is 14.7. The number of rotatable bonds is 4. The molecular weight excluding hydrogens is 284 g/mol. The van der Waals surface area contributed by atoms with Crippen LogP contribution in [0.3, 0.4) is 0 Å². The number of anilines is 1. The van der Waals surface area contributed by atoms with E-state index in [1.54, 1.807) is 31.0 Å². The lowest BCUT2D eigenvalue weighted by atomic mass is 10.2. The van der Waals surface area contributed by atoms with Gasteiger partial charge in [-0.2, -0.15) is 5.10 Å². The lowest BCUT2D eigenvalue weighted by Crippen LogP contribution is -1.95. The third-order valence-electron chi connectivity index (χ3n) is 3.05. The molecule has 0 saturated carbocycles. The SMILES string of the molecule is COc1ccc(/C=N/Nc2ncnc3scc(C)c23)cc1. The minimum absolute atomic E-state index is 0.725. The van der Waals surface area contributed by atoms with Crippen molar-refractivity contribution in [2.45, 2.75) is 6.92 Å². The first kappa shape index (κ1) is 13.5. The maximum atomic E-state index is 5.12. The third-order valence-corrected chi connectivity index (χ3v) is 4.06. The highest BCUT2D eigenvalue weighted by Gasteiger charge is 2.07. The molecule has 0 atom stereocenters.